The maximum Gasteiger partial charge on any atom is 0.267 e. The minimum atomic E-state index is -3.97. The number of hydrogen-bond acceptors (Lipinski definition) is 3. The van der Waals surface area contributed by atoms with Gasteiger partial charge >= 0.3 is 0 Å². The van der Waals surface area contributed by atoms with Gasteiger partial charge in [-0.25, -0.2) is 0 Å². The normalized spacial score (nSPS) is 15.4. The van der Waals surface area contributed by atoms with Crippen LogP contribution in [0.3, 0.4) is 0 Å². The Morgan fingerprint density at radius 1 is 0.895 bits per heavy atom. The summed E-state index contributed by atoms with van der Waals surface area (Å²) >= 11 is 0. The topological polar surface area (TPSA) is 74.6 Å². The second-order valence-electron chi connectivity index (χ2n) is 5.47. The predicted molar refractivity (Wildman–Crippen MR) is 78.9 cm³/mol. The van der Waals surface area contributed by atoms with Gasteiger partial charge in [0.1, 0.15) is 0 Å². The van der Waals surface area contributed by atoms with Crippen LogP contribution in [0.15, 0.2) is 0 Å². The summed E-state index contributed by atoms with van der Waals surface area (Å²) in [5, 5.41) is 8.47. The molecule has 0 aromatic heterocycles. The molecular formula is C14H30O4S. The highest BCUT2D eigenvalue weighted by atomic mass is 32.2. The van der Waals surface area contributed by atoms with Crippen molar-refractivity contribution in [1.82, 2.24) is 0 Å². The number of aliphatic hydroxyl groups is 1. The maximum atomic E-state index is 11.2. The van der Waals surface area contributed by atoms with Crippen LogP contribution < -0.4 is 0 Å². The van der Waals surface area contributed by atoms with Gasteiger partial charge in [0.25, 0.3) is 10.1 Å². The molecule has 0 aliphatic carbocycles. The van der Waals surface area contributed by atoms with Crippen molar-refractivity contribution in [2.24, 2.45) is 0 Å². The van der Waals surface area contributed by atoms with Crippen LogP contribution in [0.2, 0.25) is 0 Å². The summed E-state index contributed by atoms with van der Waals surface area (Å²) in [7, 11) is -3.97. The van der Waals surface area contributed by atoms with E-state index in [4.69, 9.17) is 4.55 Å². The molecule has 0 saturated heterocycles. The van der Waals surface area contributed by atoms with Crippen molar-refractivity contribution in [1.29, 1.82) is 0 Å². The smallest absolute Gasteiger partial charge is 0.267 e. The number of unbranched alkanes of at least 4 members (excludes halogenated alkanes) is 6. The molecule has 0 bridgehead atoms. The fourth-order valence-corrected chi connectivity index (χ4v) is 3.10. The molecule has 0 rings (SSSR count). The molecule has 2 N–H and O–H groups in total. The Morgan fingerprint density at radius 2 is 1.42 bits per heavy atom. The Balaban J connectivity index is 3.82. The fraction of sp³-hybridized carbons (Fsp3) is 1.00. The summed E-state index contributed by atoms with van der Waals surface area (Å²) < 4.78 is 31.6. The van der Waals surface area contributed by atoms with Crippen molar-refractivity contribution in [3.63, 3.8) is 0 Å². The monoisotopic (exact) mass is 294 g/mol. The lowest BCUT2D eigenvalue weighted by molar-refractivity contribution is 0.180. The summed E-state index contributed by atoms with van der Waals surface area (Å²) in [4.78, 5) is 0. The molecule has 5 heteroatoms. The van der Waals surface area contributed by atoms with Gasteiger partial charge in [-0.05, 0) is 26.2 Å². The van der Waals surface area contributed by atoms with Crippen molar-refractivity contribution in [2.75, 3.05) is 0 Å². The van der Waals surface area contributed by atoms with Crippen LogP contribution in [0.25, 0.3) is 0 Å². The van der Waals surface area contributed by atoms with E-state index in [1.54, 1.807) is 6.92 Å². The highest BCUT2D eigenvalue weighted by Gasteiger charge is 2.22. The van der Waals surface area contributed by atoms with Crippen LogP contribution in [-0.4, -0.2) is 29.4 Å². The lowest BCUT2D eigenvalue weighted by Gasteiger charge is -2.14. The number of rotatable bonds is 12. The molecule has 0 aliphatic heterocycles. The number of aliphatic hydroxyl groups excluding tert-OH is 1. The summed E-state index contributed by atoms with van der Waals surface area (Å²) in [6.45, 7) is 3.81. The van der Waals surface area contributed by atoms with E-state index in [9.17, 15) is 13.5 Å². The lowest BCUT2D eigenvalue weighted by Crippen LogP contribution is -2.22. The van der Waals surface area contributed by atoms with Gasteiger partial charge in [0, 0.05) is 0 Å². The molecule has 0 heterocycles. The van der Waals surface area contributed by atoms with Gasteiger partial charge in [0.2, 0.25) is 0 Å². The zero-order chi connectivity index (χ0) is 14.7. The molecule has 116 valence electrons. The quantitative estimate of drug-likeness (QED) is 0.426. The molecule has 2 unspecified atom stereocenters. The summed E-state index contributed by atoms with van der Waals surface area (Å²) in [5.74, 6) is 0. The summed E-state index contributed by atoms with van der Waals surface area (Å²) in [6.07, 6.45) is 8.67. The fourth-order valence-electron chi connectivity index (χ4n) is 2.20. The zero-order valence-corrected chi connectivity index (χ0v) is 13.2. The van der Waals surface area contributed by atoms with E-state index in [0.29, 0.717) is 19.3 Å². The molecule has 0 aromatic rings. The average molecular weight is 294 g/mol. The van der Waals surface area contributed by atoms with Crippen LogP contribution >= 0.6 is 0 Å². The van der Waals surface area contributed by atoms with Crippen LogP contribution in [0.5, 0.6) is 0 Å². The molecule has 0 aliphatic rings. The van der Waals surface area contributed by atoms with Gasteiger partial charge < -0.3 is 5.11 Å². The molecule has 0 aromatic carbocycles. The molecule has 0 amide bonds. The van der Waals surface area contributed by atoms with Crippen LogP contribution in [0.1, 0.15) is 78.1 Å². The van der Waals surface area contributed by atoms with E-state index in [2.05, 4.69) is 6.92 Å². The van der Waals surface area contributed by atoms with Crippen molar-refractivity contribution in [2.45, 2.75) is 89.4 Å². The third-order valence-corrected chi connectivity index (χ3v) is 4.77. The first kappa shape index (κ1) is 18.9. The largest absolute Gasteiger partial charge is 0.393 e. The van der Waals surface area contributed by atoms with Crippen molar-refractivity contribution >= 4 is 10.1 Å². The first-order chi connectivity index (χ1) is 8.88. The number of hydrogen-bond donors (Lipinski definition) is 2. The molecule has 0 fully saturated rings. The second-order valence-corrected chi connectivity index (χ2v) is 7.17. The van der Waals surface area contributed by atoms with Gasteiger partial charge in [-0.1, -0.05) is 51.9 Å². The molecule has 0 spiro atoms. The average Bonchev–Trinajstić information content (AvgIpc) is 2.29. The Hall–Kier alpha value is -0.130. The van der Waals surface area contributed by atoms with E-state index in [0.717, 1.165) is 19.3 Å². The zero-order valence-electron chi connectivity index (χ0n) is 12.3. The molecule has 2 atom stereocenters. The van der Waals surface area contributed by atoms with E-state index in [1.807, 2.05) is 0 Å². The van der Waals surface area contributed by atoms with Crippen molar-refractivity contribution in [3.05, 3.63) is 0 Å². The van der Waals surface area contributed by atoms with E-state index >= 15 is 0 Å². The van der Waals surface area contributed by atoms with Crippen LogP contribution in [-0.2, 0) is 10.1 Å². The van der Waals surface area contributed by atoms with E-state index < -0.39 is 21.5 Å². The SMILES string of the molecule is CCCCCCCCCC(CCC(C)O)S(=O)(=O)O. The van der Waals surface area contributed by atoms with Crippen molar-refractivity contribution in [3.8, 4) is 0 Å². The lowest BCUT2D eigenvalue weighted by atomic mass is 10.0. The summed E-state index contributed by atoms with van der Waals surface area (Å²) in [5.41, 5.74) is 0. The van der Waals surface area contributed by atoms with Crippen LogP contribution in [0.4, 0.5) is 0 Å². The van der Waals surface area contributed by atoms with Crippen molar-refractivity contribution < 1.29 is 18.1 Å². The molecule has 0 saturated carbocycles. The maximum absolute atomic E-state index is 11.2. The third kappa shape index (κ3) is 11.4. The first-order valence-corrected chi connectivity index (χ1v) is 9.02. The van der Waals surface area contributed by atoms with E-state index in [1.165, 1.54) is 25.7 Å². The Labute approximate surface area is 118 Å². The minimum absolute atomic E-state index is 0.340. The van der Waals surface area contributed by atoms with E-state index in [-0.39, 0.29) is 0 Å². The molecule has 4 nitrogen and oxygen atoms in total. The van der Waals surface area contributed by atoms with Crippen LogP contribution in [0, 0.1) is 0 Å². The molecule has 19 heavy (non-hydrogen) atoms. The van der Waals surface area contributed by atoms with Gasteiger partial charge in [0.05, 0.1) is 11.4 Å². The highest BCUT2D eigenvalue weighted by molar-refractivity contribution is 7.86. The van der Waals surface area contributed by atoms with Gasteiger partial charge in [-0.15, -0.1) is 0 Å². The Morgan fingerprint density at radius 3 is 1.89 bits per heavy atom. The summed E-state index contributed by atoms with van der Waals surface area (Å²) in [6, 6.07) is 0. The highest BCUT2D eigenvalue weighted by Crippen LogP contribution is 2.18. The minimum Gasteiger partial charge on any atom is -0.393 e. The molecule has 0 radical (unpaired) electrons. The first-order valence-electron chi connectivity index (χ1n) is 7.52. The Kier molecular flexibility index (Phi) is 10.6. The van der Waals surface area contributed by atoms with Gasteiger partial charge in [-0.2, -0.15) is 8.42 Å². The molecular weight excluding hydrogens is 264 g/mol. The van der Waals surface area contributed by atoms with Gasteiger partial charge in [-0.3, -0.25) is 4.55 Å². The Bertz CT molecular complexity index is 299. The second kappa shape index (κ2) is 10.6. The standard InChI is InChI=1S/C14H30O4S/c1-3-4-5-6-7-8-9-10-14(19(16,17)18)12-11-13(2)15/h13-15H,3-12H2,1-2H3,(H,16,17,18). The van der Waals surface area contributed by atoms with Gasteiger partial charge in [0.15, 0.2) is 0 Å². The predicted octanol–water partition coefficient (Wildman–Crippen LogP) is 3.54. The third-order valence-electron chi connectivity index (χ3n) is 3.46.